The van der Waals surface area contributed by atoms with Gasteiger partial charge in [0.05, 0.1) is 0 Å². The van der Waals surface area contributed by atoms with Gasteiger partial charge in [-0.15, -0.1) is 0 Å². The Kier molecular flexibility index (Phi) is 7.20. The fourth-order valence-corrected chi connectivity index (χ4v) is 2.27. The molecule has 1 rings (SSSR count). The number of hydrogen-bond donors (Lipinski definition) is 1. The Hall–Kier alpha value is -0.0800. The molecule has 1 aliphatic rings. The SMILES string of the molecule is C.CC(C)CN1CCC(NC(C)C)CC1. The summed E-state index contributed by atoms with van der Waals surface area (Å²) >= 11 is 0. The molecular formula is C13H30N2. The molecule has 0 bridgehead atoms. The van der Waals surface area contributed by atoms with Crippen molar-refractivity contribution < 1.29 is 0 Å². The van der Waals surface area contributed by atoms with Gasteiger partial charge in [0.15, 0.2) is 0 Å². The Morgan fingerprint density at radius 3 is 2.07 bits per heavy atom. The Bertz CT molecular complexity index is 129. The molecular weight excluding hydrogens is 184 g/mol. The van der Waals surface area contributed by atoms with Crippen LogP contribution in [0, 0.1) is 5.92 Å². The van der Waals surface area contributed by atoms with Crippen LogP contribution in [0.4, 0.5) is 0 Å². The van der Waals surface area contributed by atoms with Crippen LogP contribution in [-0.4, -0.2) is 36.6 Å². The minimum Gasteiger partial charge on any atom is -0.312 e. The van der Waals surface area contributed by atoms with E-state index in [1.165, 1.54) is 32.5 Å². The van der Waals surface area contributed by atoms with Crippen LogP contribution in [-0.2, 0) is 0 Å². The second kappa shape index (κ2) is 7.24. The van der Waals surface area contributed by atoms with E-state index in [9.17, 15) is 0 Å². The predicted molar refractivity (Wildman–Crippen MR) is 69.3 cm³/mol. The number of nitrogens with zero attached hydrogens (tertiary/aromatic N) is 1. The van der Waals surface area contributed by atoms with Crippen molar-refractivity contribution in [2.24, 2.45) is 5.92 Å². The van der Waals surface area contributed by atoms with Gasteiger partial charge in [-0.05, 0) is 31.8 Å². The van der Waals surface area contributed by atoms with Crippen molar-refractivity contribution in [1.82, 2.24) is 10.2 Å². The van der Waals surface area contributed by atoms with Gasteiger partial charge in [-0.1, -0.05) is 35.1 Å². The molecule has 2 heteroatoms. The molecule has 1 N–H and O–H groups in total. The molecule has 92 valence electrons. The van der Waals surface area contributed by atoms with E-state index in [1.807, 2.05) is 0 Å². The maximum Gasteiger partial charge on any atom is 0.00937 e. The first-order valence-electron chi connectivity index (χ1n) is 6.06. The van der Waals surface area contributed by atoms with Gasteiger partial charge in [0.25, 0.3) is 0 Å². The summed E-state index contributed by atoms with van der Waals surface area (Å²) < 4.78 is 0. The molecule has 0 atom stereocenters. The largest absolute Gasteiger partial charge is 0.312 e. The molecule has 0 saturated carbocycles. The van der Waals surface area contributed by atoms with Gasteiger partial charge < -0.3 is 10.2 Å². The average molecular weight is 214 g/mol. The first kappa shape index (κ1) is 14.9. The van der Waals surface area contributed by atoms with Crippen LogP contribution >= 0.6 is 0 Å². The van der Waals surface area contributed by atoms with Crippen LogP contribution in [0.1, 0.15) is 48.0 Å². The third-order valence-corrected chi connectivity index (χ3v) is 2.78. The van der Waals surface area contributed by atoms with Gasteiger partial charge in [0.2, 0.25) is 0 Å². The van der Waals surface area contributed by atoms with Crippen LogP contribution in [0.2, 0.25) is 0 Å². The Balaban J connectivity index is 0.00000196. The van der Waals surface area contributed by atoms with Crippen LogP contribution in [0.5, 0.6) is 0 Å². The maximum atomic E-state index is 3.63. The Morgan fingerprint density at radius 2 is 1.67 bits per heavy atom. The second-order valence-corrected chi connectivity index (χ2v) is 5.29. The van der Waals surface area contributed by atoms with Crippen molar-refractivity contribution in [1.29, 1.82) is 0 Å². The Labute approximate surface area is 96.4 Å². The van der Waals surface area contributed by atoms with Crippen molar-refractivity contribution in [2.75, 3.05) is 19.6 Å². The van der Waals surface area contributed by atoms with Crippen molar-refractivity contribution in [3.63, 3.8) is 0 Å². The van der Waals surface area contributed by atoms with Gasteiger partial charge >= 0.3 is 0 Å². The number of likely N-dealkylation sites (tertiary alicyclic amines) is 1. The molecule has 0 radical (unpaired) electrons. The summed E-state index contributed by atoms with van der Waals surface area (Å²) in [4.78, 5) is 2.60. The lowest BCUT2D eigenvalue weighted by atomic mass is 10.0. The molecule has 15 heavy (non-hydrogen) atoms. The summed E-state index contributed by atoms with van der Waals surface area (Å²) in [5.74, 6) is 0.810. The van der Waals surface area contributed by atoms with E-state index in [2.05, 4.69) is 37.9 Å². The zero-order valence-electron chi connectivity index (χ0n) is 10.2. The van der Waals surface area contributed by atoms with Crippen molar-refractivity contribution in [3.05, 3.63) is 0 Å². The fourth-order valence-electron chi connectivity index (χ4n) is 2.27. The molecule has 0 aromatic heterocycles. The van der Waals surface area contributed by atoms with Crippen LogP contribution in [0.15, 0.2) is 0 Å². The fraction of sp³-hybridized carbons (Fsp3) is 1.00. The van der Waals surface area contributed by atoms with Crippen LogP contribution in [0.3, 0.4) is 0 Å². The molecule has 1 heterocycles. The van der Waals surface area contributed by atoms with E-state index in [4.69, 9.17) is 0 Å². The van der Waals surface area contributed by atoms with Gasteiger partial charge in [0.1, 0.15) is 0 Å². The highest BCUT2D eigenvalue weighted by Gasteiger charge is 2.19. The van der Waals surface area contributed by atoms with E-state index in [0.29, 0.717) is 6.04 Å². The summed E-state index contributed by atoms with van der Waals surface area (Å²) in [5.41, 5.74) is 0. The van der Waals surface area contributed by atoms with Crippen LogP contribution in [0.25, 0.3) is 0 Å². The first-order valence-corrected chi connectivity index (χ1v) is 6.06. The third kappa shape index (κ3) is 6.16. The Morgan fingerprint density at radius 1 is 1.13 bits per heavy atom. The lowest BCUT2D eigenvalue weighted by Gasteiger charge is -2.34. The van der Waals surface area contributed by atoms with Gasteiger partial charge in [-0.3, -0.25) is 0 Å². The standard InChI is InChI=1S/C12H26N2.CH4/c1-10(2)9-14-7-5-12(6-8-14)13-11(3)4;/h10-13H,5-9H2,1-4H3;1H4. The van der Waals surface area contributed by atoms with Crippen molar-refractivity contribution in [3.8, 4) is 0 Å². The van der Waals surface area contributed by atoms with Crippen molar-refractivity contribution >= 4 is 0 Å². The number of hydrogen-bond acceptors (Lipinski definition) is 2. The van der Waals surface area contributed by atoms with Gasteiger partial charge in [-0.2, -0.15) is 0 Å². The van der Waals surface area contributed by atoms with Gasteiger partial charge in [0, 0.05) is 18.6 Å². The smallest absolute Gasteiger partial charge is 0.00937 e. The lowest BCUT2D eigenvalue weighted by molar-refractivity contribution is 0.176. The lowest BCUT2D eigenvalue weighted by Crippen LogP contribution is -2.45. The summed E-state index contributed by atoms with van der Waals surface area (Å²) in [6, 6.07) is 1.40. The molecule has 1 saturated heterocycles. The number of rotatable bonds is 4. The summed E-state index contributed by atoms with van der Waals surface area (Å²) in [7, 11) is 0. The highest BCUT2D eigenvalue weighted by Crippen LogP contribution is 2.12. The molecule has 0 aliphatic carbocycles. The van der Waals surface area contributed by atoms with Gasteiger partial charge in [-0.25, -0.2) is 0 Å². The molecule has 1 aliphatic heterocycles. The van der Waals surface area contributed by atoms with E-state index in [-0.39, 0.29) is 7.43 Å². The van der Waals surface area contributed by atoms with E-state index >= 15 is 0 Å². The van der Waals surface area contributed by atoms with E-state index in [1.54, 1.807) is 0 Å². The van der Waals surface area contributed by atoms with Crippen LogP contribution < -0.4 is 5.32 Å². The predicted octanol–water partition coefficient (Wildman–Crippen LogP) is 2.74. The third-order valence-electron chi connectivity index (χ3n) is 2.78. The number of piperidine rings is 1. The molecule has 0 aromatic rings. The van der Waals surface area contributed by atoms with Crippen molar-refractivity contribution in [2.45, 2.75) is 60.0 Å². The maximum absolute atomic E-state index is 3.63. The summed E-state index contributed by atoms with van der Waals surface area (Å²) in [6.07, 6.45) is 2.65. The molecule has 0 aromatic carbocycles. The molecule has 0 amide bonds. The molecule has 1 fully saturated rings. The number of nitrogens with one attached hydrogen (secondary N) is 1. The van der Waals surface area contributed by atoms with E-state index < -0.39 is 0 Å². The quantitative estimate of drug-likeness (QED) is 0.774. The second-order valence-electron chi connectivity index (χ2n) is 5.29. The topological polar surface area (TPSA) is 15.3 Å². The molecule has 0 spiro atoms. The minimum atomic E-state index is 0. The highest BCUT2D eigenvalue weighted by molar-refractivity contribution is 4.78. The molecule has 2 nitrogen and oxygen atoms in total. The minimum absolute atomic E-state index is 0. The normalized spacial score (nSPS) is 19.6. The first-order chi connectivity index (χ1) is 6.58. The zero-order valence-corrected chi connectivity index (χ0v) is 10.2. The summed E-state index contributed by atoms with van der Waals surface area (Å²) in [5, 5.41) is 3.63. The monoisotopic (exact) mass is 214 g/mol. The van der Waals surface area contributed by atoms with E-state index in [0.717, 1.165) is 12.0 Å². The average Bonchev–Trinajstić information content (AvgIpc) is 2.06. The molecule has 0 unspecified atom stereocenters. The zero-order chi connectivity index (χ0) is 10.6. The highest BCUT2D eigenvalue weighted by atomic mass is 15.1. The summed E-state index contributed by atoms with van der Waals surface area (Å²) in [6.45, 7) is 12.9.